The molecule has 0 amide bonds. The highest BCUT2D eigenvalue weighted by Crippen LogP contribution is 2.16. The molecule has 78 valence electrons. The van der Waals surface area contributed by atoms with Crippen LogP contribution in [-0.4, -0.2) is 23.3 Å². The van der Waals surface area contributed by atoms with E-state index in [-0.39, 0.29) is 19.6 Å². The summed E-state index contributed by atoms with van der Waals surface area (Å²) in [6.45, 7) is -0.142. The van der Waals surface area contributed by atoms with Gasteiger partial charge < -0.3 is 9.84 Å². The quantitative estimate of drug-likeness (QED) is 0.597. The predicted octanol–water partition coefficient (Wildman–Crippen LogP) is 1.26. The lowest BCUT2D eigenvalue weighted by Gasteiger charge is -2.04. The molecular weight excluding hydrogens is 199 g/mol. The number of pyridine rings is 1. The molecule has 6 heteroatoms. The van der Waals surface area contributed by atoms with E-state index in [1.165, 1.54) is 0 Å². The fourth-order valence-electron chi connectivity index (χ4n) is 0.763. The normalized spacial score (nSPS) is 10.3. The molecule has 14 heavy (non-hydrogen) atoms. The first-order valence-electron chi connectivity index (χ1n) is 3.90. The number of hydrogen-bond acceptors (Lipinski definition) is 3. The van der Waals surface area contributed by atoms with Crippen molar-refractivity contribution in [1.29, 1.82) is 0 Å². The van der Waals surface area contributed by atoms with Crippen molar-refractivity contribution in [3.8, 4) is 5.88 Å². The Labute approximate surface area is 78.2 Å². The maximum atomic E-state index is 12.8. The molecule has 1 aromatic rings. The predicted molar refractivity (Wildman–Crippen MR) is 41.3 cm³/mol. The van der Waals surface area contributed by atoms with Gasteiger partial charge in [0.2, 0.25) is 0 Å². The first-order chi connectivity index (χ1) is 6.65. The van der Waals surface area contributed by atoms with E-state index in [0.29, 0.717) is 6.07 Å². The van der Waals surface area contributed by atoms with Crippen LogP contribution < -0.4 is 4.74 Å². The van der Waals surface area contributed by atoms with Gasteiger partial charge in [0.05, 0.1) is 6.61 Å². The molecule has 0 aliphatic carbocycles. The third kappa shape index (κ3) is 2.59. The Bertz CT molecular complexity index is 320. The maximum Gasteiger partial charge on any atom is 0.253 e. The summed E-state index contributed by atoms with van der Waals surface area (Å²) in [7, 11) is 0. The molecule has 0 fully saturated rings. The minimum Gasteiger partial charge on any atom is -0.475 e. The van der Waals surface area contributed by atoms with Crippen molar-refractivity contribution >= 4 is 0 Å². The molecule has 0 spiro atoms. The first kappa shape index (κ1) is 10.8. The van der Waals surface area contributed by atoms with Crippen molar-refractivity contribution in [3.63, 3.8) is 0 Å². The van der Waals surface area contributed by atoms with Crippen LogP contribution in [-0.2, 0) is 0 Å². The van der Waals surface area contributed by atoms with Crippen molar-refractivity contribution in [2.45, 2.75) is 6.42 Å². The molecule has 0 saturated heterocycles. The van der Waals surface area contributed by atoms with Gasteiger partial charge in [-0.25, -0.2) is 8.78 Å². The number of halogens is 3. The summed E-state index contributed by atoms with van der Waals surface area (Å²) >= 11 is 0. The fourth-order valence-corrected chi connectivity index (χ4v) is 0.763. The molecule has 1 aromatic heterocycles. The molecule has 3 nitrogen and oxygen atoms in total. The summed E-state index contributed by atoms with van der Waals surface area (Å²) < 4.78 is 42.3. The average molecular weight is 207 g/mol. The first-order valence-corrected chi connectivity index (χ1v) is 3.90. The van der Waals surface area contributed by atoms with Gasteiger partial charge in [-0.2, -0.15) is 9.37 Å². The summed E-state index contributed by atoms with van der Waals surface area (Å²) in [5.74, 6) is -4.44. The van der Waals surface area contributed by atoms with Crippen LogP contribution in [0.4, 0.5) is 13.2 Å². The van der Waals surface area contributed by atoms with Crippen LogP contribution in [0.2, 0.25) is 0 Å². The topological polar surface area (TPSA) is 42.4 Å². The van der Waals surface area contributed by atoms with Crippen molar-refractivity contribution in [1.82, 2.24) is 4.98 Å². The standard InChI is InChI=1S/C8H8F3NO2/c9-5-4-6(10)8(12-7(5)11)14-3-1-2-13/h4,13H,1-3H2. The Morgan fingerprint density at radius 3 is 2.64 bits per heavy atom. The van der Waals surface area contributed by atoms with Gasteiger partial charge in [0.25, 0.3) is 11.8 Å². The number of aromatic nitrogens is 1. The van der Waals surface area contributed by atoms with Crippen molar-refractivity contribution in [3.05, 3.63) is 23.6 Å². The second-order valence-corrected chi connectivity index (χ2v) is 2.47. The molecule has 0 bridgehead atoms. The highest BCUT2D eigenvalue weighted by Gasteiger charge is 2.12. The lowest BCUT2D eigenvalue weighted by molar-refractivity contribution is 0.220. The SMILES string of the molecule is OCCCOc1nc(F)c(F)cc1F. The fraction of sp³-hybridized carbons (Fsp3) is 0.375. The molecule has 0 unspecified atom stereocenters. The zero-order valence-electron chi connectivity index (χ0n) is 7.14. The molecule has 0 aromatic carbocycles. The Kier molecular flexibility index (Phi) is 3.70. The van der Waals surface area contributed by atoms with E-state index in [0.717, 1.165) is 0 Å². The Morgan fingerprint density at radius 1 is 1.29 bits per heavy atom. The number of aliphatic hydroxyl groups is 1. The zero-order chi connectivity index (χ0) is 10.6. The number of hydrogen-bond donors (Lipinski definition) is 1. The van der Waals surface area contributed by atoms with Gasteiger partial charge in [-0.1, -0.05) is 0 Å². The van der Waals surface area contributed by atoms with E-state index in [2.05, 4.69) is 9.72 Å². The van der Waals surface area contributed by atoms with Gasteiger partial charge in [0.1, 0.15) is 0 Å². The van der Waals surface area contributed by atoms with Crippen molar-refractivity contribution < 1.29 is 23.0 Å². The lowest BCUT2D eigenvalue weighted by Crippen LogP contribution is -2.05. The van der Waals surface area contributed by atoms with E-state index in [1.807, 2.05) is 0 Å². The summed E-state index contributed by atoms with van der Waals surface area (Å²) in [6.07, 6.45) is 0.264. The molecule has 0 aliphatic heterocycles. The number of nitrogens with zero attached hydrogens (tertiary/aromatic N) is 1. The van der Waals surface area contributed by atoms with Gasteiger partial charge in [0, 0.05) is 19.1 Å². The van der Waals surface area contributed by atoms with E-state index in [9.17, 15) is 13.2 Å². The summed E-state index contributed by atoms with van der Waals surface area (Å²) in [5.41, 5.74) is 0. The van der Waals surface area contributed by atoms with Crippen LogP contribution >= 0.6 is 0 Å². The molecule has 0 aliphatic rings. The number of aliphatic hydroxyl groups excluding tert-OH is 1. The molecule has 1 rings (SSSR count). The van der Waals surface area contributed by atoms with Crippen LogP contribution in [0, 0.1) is 17.6 Å². The Hall–Kier alpha value is -1.30. The third-order valence-electron chi connectivity index (χ3n) is 1.40. The van der Waals surface area contributed by atoms with E-state index < -0.39 is 23.5 Å². The second kappa shape index (κ2) is 4.80. The maximum absolute atomic E-state index is 12.8. The average Bonchev–Trinajstić information content (AvgIpc) is 2.14. The highest BCUT2D eigenvalue weighted by atomic mass is 19.2. The number of ether oxygens (including phenoxy) is 1. The van der Waals surface area contributed by atoms with Gasteiger partial charge in [-0.15, -0.1) is 0 Å². The highest BCUT2D eigenvalue weighted by molar-refractivity contribution is 5.14. The Balaban J connectivity index is 2.72. The van der Waals surface area contributed by atoms with Crippen LogP contribution in [0.3, 0.4) is 0 Å². The zero-order valence-corrected chi connectivity index (χ0v) is 7.14. The van der Waals surface area contributed by atoms with Crippen LogP contribution in [0.5, 0.6) is 5.88 Å². The molecule has 1 heterocycles. The van der Waals surface area contributed by atoms with E-state index in [1.54, 1.807) is 0 Å². The van der Waals surface area contributed by atoms with Crippen LogP contribution in [0.1, 0.15) is 6.42 Å². The van der Waals surface area contributed by atoms with Gasteiger partial charge in [0.15, 0.2) is 11.6 Å². The van der Waals surface area contributed by atoms with Gasteiger partial charge in [-0.3, -0.25) is 0 Å². The Morgan fingerprint density at radius 2 is 2.00 bits per heavy atom. The van der Waals surface area contributed by atoms with Crippen LogP contribution in [0.15, 0.2) is 6.07 Å². The van der Waals surface area contributed by atoms with E-state index in [4.69, 9.17) is 5.11 Å². The van der Waals surface area contributed by atoms with Crippen molar-refractivity contribution in [2.24, 2.45) is 0 Å². The molecule has 1 N–H and O–H groups in total. The number of rotatable bonds is 4. The lowest BCUT2D eigenvalue weighted by atomic mass is 10.4. The second-order valence-electron chi connectivity index (χ2n) is 2.47. The molecule has 0 atom stereocenters. The molecular formula is C8H8F3NO2. The summed E-state index contributed by atoms with van der Waals surface area (Å²) in [5, 5.41) is 8.38. The monoisotopic (exact) mass is 207 g/mol. The molecule has 0 radical (unpaired) electrons. The largest absolute Gasteiger partial charge is 0.475 e. The minimum atomic E-state index is -1.41. The van der Waals surface area contributed by atoms with Crippen LogP contribution in [0.25, 0.3) is 0 Å². The van der Waals surface area contributed by atoms with E-state index >= 15 is 0 Å². The summed E-state index contributed by atoms with van der Waals surface area (Å²) in [6, 6.07) is 0.358. The minimum absolute atomic E-state index is 0.00844. The summed E-state index contributed by atoms with van der Waals surface area (Å²) in [4.78, 5) is 2.92. The third-order valence-corrected chi connectivity index (χ3v) is 1.40. The smallest absolute Gasteiger partial charge is 0.253 e. The van der Waals surface area contributed by atoms with Gasteiger partial charge >= 0.3 is 0 Å². The van der Waals surface area contributed by atoms with Crippen molar-refractivity contribution in [2.75, 3.05) is 13.2 Å². The molecule has 0 saturated carbocycles. The van der Waals surface area contributed by atoms with Gasteiger partial charge in [-0.05, 0) is 0 Å².